The molecule has 4 nitrogen and oxygen atoms in total. The zero-order valence-electron chi connectivity index (χ0n) is 8.79. The summed E-state index contributed by atoms with van der Waals surface area (Å²) in [7, 11) is -2.62. The highest BCUT2D eigenvalue weighted by Gasteiger charge is 2.20. The summed E-state index contributed by atoms with van der Waals surface area (Å²) in [4.78, 5) is 0. The predicted octanol–water partition coefficient (Wildman–Crippen LogP) is 1.22. The van der Waals surface area contributed by atoms with Crippen LogP contribution in [0.15, 0.2) is 45.9 Å². The molecule has 0 aliphatic rings. The van der Waals surface area contributed by atoms with E-state index in [4.69, 9.17) is 4.52 Å². The molecule has 2 aromatic rings. The van der Waals surface area contributed by atoms with Crippen molar-refractivity contribution in [3.8, 4) is 11.3 Å². The number of hydrogen-bond donors (Lipinski definition) is 1. The van der Waals surface area contributed by atoms with Crippen molar-refractivity contribution in [2.75, 3.05) is 0 Å². The Bertz CT molecular complexity index is 550. The molecule has 2 rings (SSSR count). The maximum absolute atomic E-state index is 11.0. The average molecular weight is 238 g/mol. The van der Waals surface area contributed by atoms with Crippen LogP contribution in [0.4, 0.5) is 0 Å². The lowest BCUT2D eigenvalue weighted by atomic mass is 10.2. The van der Waals surface area contributed by atoms with Crippen molar-refractivity contribution in [1.82, 2.24) is 0 Å². The van der Waals surface area contributed by atoms with Gasteiger partial charge < -0.3 is 0 Å². The Morgan fingerprint density at radius 3 is 2.44 bits per heavy atom. The van der Waals surface area contributed by atoms with E-state index in [1.807, 2.05) is 37.3 Å². The Balaban J connectivity index is 2.52. The van der Waals surface area contributed by atoms with Crippen molar-refractivity contribution in [3.05, 3.63) is 36.4 Å². The zero-order chi connectivity index (χ0) is 11.5. The molecule has 0 radical (unpaired) electrons. The van der Waals surface area contributed by atoms with Crippen LogP contribution in [0.3, 0.4) is 0 Å². The summed E-state index contributed by atoms with van der Waals surface area (Å²) >= 11 is 0. The Labute approximate surface area is 95.1 Å². The minimum atomic E-state index is -2.62. The molecule has 0 aliphatic carbocycles. The Hall–Kier alpha value is -1.62. The van der Waals surface area contributed by atoms with E-state index in [1.54, 1.807) is 6.07 Å². The third-order valence-electron chi connectivity index (χ3n) is 2.26. The van der Waals surface area contributed by atoms with Crippen LogP contribution >= 0.6 is 0 Å². The first-order valence-corrected chi connectivity index (χ1v) is 6.14. The molecule has 0 N–H and O–H groups in total. The minimum Gasteiger partial charge on any atom is -0.235 e. The van der Waals surface area contributed by atoms with Gasteiger partial charge in [-0.3, -0.25) is 0 Å². The summed E-state index contributed by atoms with van der Waals surface area (Å²) < 4.78 is 28.8. The summed E-state index contributed by atoms with van der Waals surface area (Å²) in [5.74, 6) is 0.566. The lowest BCUT2D eigenvalue weighted by Crippen LogP contribution is -2.33. The van der Waals surface area contributed by atoms with Gasteiger partial charge in [0, 0.05) is 5.56 Å². The van der Waals surface area contributed by atoms with Crippen molar-refractivity contribution in [1.29, 1.82) is 0 Å². The van der Waals surface area contributed by atoms with Gasteiger partial charge in [0.25, 0.3) is 0 Å². The monoisotopic (exact) mass is 238 g/mol. The van der Waals surface area contributed by atoms with Crippen molar-refractivity contribution in [2.24, 2.45) is 0 Å². The van der Waals surface area contributed by atoms with Gasteiger partial charge in [0.15, 0.2) is 6.54 Å². The Morgan fingerprint density at radius 2 is 1.94 bits per heavy atom. The standard InChI is InChI=1S/C11H12NO3S/c1-2-12-11(16(13)14)8-10(15-12)9-6-4-3-5-7-9/h3-8,16H,2H2,1H3/q+1. The molecule has 1 heterocycles. The van der Waals surface area contributed by atoms with Gasteiger partial charge in [-0.2, -0.15) is 0 Å². The smallest absolute Gasteiger partial charge is 0.235 e. The average Bonchev–Trinajstić information content (AvgIpc) is 2.74. The predicted molar refractivity (Wildman–Crippen MR) is 58.6 cm³/mol. The number of aromatic nitrogens is 1. The van der Waals surface area contributed by atoms with Crippen LogP contribution in [-0.4, -0.2) is 8.42 Å². The van der Waals surface area contributed by atoms with Crippen molar-refractivity contribution >= 4 is 10.7 Å². The number of benzene rings is 1. The maximum atomic E-state index is 11.0. The molecule has 0 bridgehead atoms. The highest BCUT2D eigenvalue weighted by Crippen LogP contribution is 2.19. The fourth-order valence-corrected chi connectivity index (χ4v) is 2.08. The SMILES string of the molecule is CC[n+]1oc(-c2ccccc2)cc1[SH](=O)=O. The van der Waals surface area contributed by atoms with E-state index in [2.05, 4.69) is 0 Å². The number of rotatable bonds is 3. The summed E-state index contributed by atoms with van der Waals surface area (Å²) in [5.41, 5.74) is 0.868. The van der Waals surface area contributed by atoms with Crippen LogP contribution in [0.25, 0.3) is 11.3 Å². The third kappa shape index (κ3) is 1.99. The molecule has 16 heavy (non-hydrogen) atoms. The second-order valence-electron chi connectivity index (χ2n) is 3.28. The van der Waals surface area contributed by atoms with Gasteiger partial charge in [-0.05, 0) is 11.7 Å². The van der Waals surface area contributed by atoms with Crippen molar-refractivity contribution < 1.29 is 17.7 Å². The first kappa shape index (κ1) is 10.9. The highest BCUT2D eigenvalue weighted by atomic mass is 32.2. The summed E-state index contributed by atoms with van der Waals surface area (Å²) in [6.07, 6.45) is 0. The summed E-state index contributed by atoms with van der Waals surface area (Å²) in [6, 6.07) is 11.0. The molecular weight excluding hydrogens is 226 g/mol. The molecule has 0 saturated heterocycles. The van der Waals surface area contributed by atoms with Crippen LogP contribution in [0.5, 0.6) is 0 Å². The van der Waals surface area contributed by atoms with Gasteiger partial charge in [-0.25, -0.2) is 12.9 Å². The number of hydrogen-bond acceptors (Lipinski definition) is 3. The molecule has 0 spiro atoms. The largest absolute Gasteiger partial charge is 0.342 e. The van der Waals surface area contributed by atoms with Crippen LogP contribution in [-0.2, 0) is 17.2 Å². The quantitative estimate of drug-likeness (QED) is 0.646. The molecule has 0 aliphatic heterocycles. The summed E-state index contributed by atoms with van der Waals surface area (Å²) in [6.45, 7) is 2.33. The van der Waals surface area contributed by atoms with Crippen LogP contribution in [0.1, 0.15) is 6.92 Å². The Kier molecular flexibility index (Phi) is 3.05. The topological polar surface area (TPSA) is 51.2 Å². The van der Waals surface area contributed by atoms with Crippen molar-refractivity contribution in [3.63, 3.8) is 0 Å². The van der Waals surface area contributed by atoms with Crippen LogP contribution < -0.4 is 4.74 Å². The number of aryl methyl sites for hydroxylation is 1. The lowest BCUT2D eigenvalue weighted by molar-refractivity contribution is -0.888. The molecule has 1 aromatic carbocycles. The molecule has 0 saturated carbocycles. The summed E-state index contributed by atoms with van der Waals surface area (Å²) in [5, 5.41) is 0.205. The normalized spacial score (nSPS) is 10.9. The van der Waals surface area contributed by atoms with E-state index in [9.17, 15) is 8.42 Å². The van der Waals surface area contributed by atoms with E-state index in [1.165, 1.54) is 4.74 Å². The van der Waals surface area contributed by atoms with E-state index in [-0.39, 0.29) is 5.03 Å². The van der Waals surface area contributed by atoms with Gasteiger partial charge in [-0.1, -0.05) is 30.3 Å². The lowest BCUT2D eigenvalue weighted by Gasteiger charge is -1.89. The van der Waals surface area contributed by atoms with Gasteiger partial charge in [-0.15, -0.1) is 0 Å². The van der Waals surface area contributed by atoms with E-state index in [0.717, 1.165) is 5.56 Å². The molecule has 0 amide bonds. The fourth-order valence-electron chi connectivity index (χ4n) is 1.49. The zero-order valence-corrected chi connectivity index (χ0v) is 9.68. The van der Waals surface area contributed by atoms with Crippen LogP contribution in [0, 0.1) is 0 Å². The molecule has 5 heteroatoms. The van der Waals surface area contributed by atoms with Crippen LogP contribution in [0.2, 0.25) is 0 Å². The molecule has 0 unspecified atom stereocenters. The fraction of sp³-hybridized carbons (Fsp3) is 0.182. The Morgan fingerprint density at radius 1 is 1.25 bits per heavy atom. The van der Waals surface area contributed by atoms with E-state index in [0.29, 0.717) is 12.3 Å². The molecular formula is C11H12NO3S+. The van der Waals surface area contributed by atoms with Gasteiger partial charge in [0.2, 0.25) is 16.5 Å². The van der Waals surface area contributed by atoms with Gasteiger partial charge in [0.1, 0.15) is 0 Å². The minimum absolute atomic E-state index is 0.205. The van der Waals surface area contributed by atoms with Crippen molar-refractivity contribution in [2.45, 2.75) is 18.5 Å². The van der Waals surface area contributed by atoms with Gasteiger partial charge in [0.05, 0.1) is 6.07 Å². The number of thiol groups is 1. The molecule has 84 valence electrons. The second kappa shape index (κ2) is 4.49. The third-order valence-corrected chi connectivity index (χ3v) is 2.98. The molecule has 0 atom stereocenters. The van der Waals surface area contributed by atoms with E-state index >= 15 is 0 Å². The second-order valence-corrected chi connectivity index (χ2v) is 4.25. The highest BCUT2D eigenvalue weighted by molar-refractivity contribution is 7.72. The van der Waals surface area contributed by atoms with Gasteiger partial charge >= 0.3 is 5.03 Å². The van der Waals surface area contributed by atoms with E-state index < -0.39 is 10.7 Å². The number of nitrogens with zero attached hydrogens (tertiary/aromatic N) is 1. The first-order chi connectivity index (χ1) is 7.72. The molecule has 0 fully saturated rings. The first-order valence-electron chi connectivity index (χ1n) is 4.96. The molecule has 1 aromatic heterocycles. The maximum Gasteiger partial charge on any atom is 0.342 e.